The first-order chi connectivity index (χ1) is 14.5. The minimum absolute atomic E-state index is 0.516. The highest BCUT2D eigenvalue weighted by atomic mass is 16.5. The second-order valence-electron chi connectivity index (χ2n) is 7.01. The Labute approximate surface area is 175 Å². The molecular weight excluding hydrogens is 376 g/mol. The average molecular weight is 398 g/mol. The molecule has 0 unspecified atom stereocenters. The van der Waals surface area contributed by atoms with Crippen molar-refractivity contribution in [2.75, 3.05) is 11.5 Å². The van der Waals surface area contributed by atoms with E-state index in [0.717, 1.165) is 22.3 Å². The number of benzene rings is 2. The minimum atomic E-state index is 0.516. The molecule has 0 saturated heterocycles. The van der Waals surface area contributed by atoms with E-state index in [-0.39, 0.29) is 0 Å². The Bertz CT molecular complexity index is 1080. The highest BCUT2D eigenvalue weighted by molar-refractivity contribution is 5.65. The Morgan fingerprint density at radius 2 is 0.967 bits per heavy atom. The fourth-order valence-corrected chi connectivity index (χ4v) is 2.87. The van der Waals surface area contributed by atoms with Gasteiger partial charge in [0, 0.05) is 12.1 Å². The van der Waals surface area contributed by atoms with E-state index >= 15 is 0 Å². The average Bonchev–Trinajstić information content (AvgIpc) is 2.75. The fourth-order valence-electron chi connectivity index (χ4n) is 2.87. The van der Waals surface area contributed by atoms with Crippen LogP contribution in [0.1, 0.15) is 11.1 Å². The molecule has 0 fully saturated rings. The molecule has 0 radical (unpaired) electrons. The monoisotopic (exact) mass is 398 g/mol. The van der Waals surface area contributed by atoms with Crippen molar-refractivity contribution >= 4 is 11.4 Å². The van der Waals surface area contributed by atoms with Crippen LogP contribution >= 0.6 is 0 Å². The number of nitrogen functional groups attached to an aromatic ring is 2. The molecule has 0 spiro atoms. The molecule has 2 aromatic carbocycles. The van der Waals surface area contributed by atoms with E-state index in [1.807, 2.05) is 74.5 Å². The molecular formula is C24H22N4O2. The van der Waals surface area contributed by atoms with Crippen LogP contribution in [0.2, 0.25) is 0 Å². The van der Waals surface area contributed by atoms with Crippen molar-refractivity contribution < 1.29 is 9.47 Å². The SMILES string of the molecule is Cc1cc(Oc2ccc(-c3ccc(Oc4cc(C)c(N)cn4)cc3)cc2)ncc1N. The molecule has 0 aliphatic carbocycles. The summed E-state index contributed by atoms with van der Waals surface area (Å²) in [6.45, 7) is 3.84. The van der Waals surface area contributed by atoms with Gasteiger partial charge >= 0.3 is 0 Å². The first-order valence-electron chi connectivity index (χ1n) is 9.48. The third-order valence-electron chi connectivity index (χ3n) is 4.74. The lowest BCUT2D eigenvalue weighted by molar-refractivity contribution is 0.462. The van der Waals surface area contributed by atoms with E-state index in [9.17, 15) is 0 Å². The van der Waals surface area contributed by atoms with Crippen LogP contribution < -0.4 is 20.9 Å². The number of aryl methyl sites for hydroxylation is 2. The maximum atomic E-state index is 5.81. The van der Waals surface area contributed by atoms with Crippen LogP contribution in [-0.2, 0) is 0 Å². The Morgan fingerprint density at radius 3 is 1.30 bits per heavy atom. The standard InChI is InChI=1S/C24H22N4O2/c1-15-11-23(27-13-21(15)25)29-19-7-3-17(4-8-19)18-5-9-20(10-6-18)30-24-12-16(2)22(26)14-28-24/h3-14H,25-26H2,1-2H3. The zero-order valence-electron chi connectivity index (χ0n) is 16.8. The summed E-state index contributed by atoms with van der Waals surface area (Å²) in [5.41, 5.74) is 16.9. The number of hydrogen-bond donors (Lipinski definition) is 2. The molecule has 0 atom stereocenters. The van der Waals surface area contributed by atoms with E-state index in [0.29, 0.717) is 34.6 Å². The van der Waals surface area contributed by atoms with Crippen LogP contribution in [0.5, 0.6) is 23.3 Å². The maximum Gasteiger partial charge on any atom is 0.219 e. The summed E-state index contributed by atoms with van der Waals surface area (Å²) in [4.78, 5) is 8.39. The second kappa shape index (κ2) is 8.13. The first-order valence-corrected chi connectivity index (χ1v) is 9.48. The topological polar surface area (TPSA) is 96.3 Å². The highest BCUT2D eigenvalue weighted by Crippen LogP contribution is 2.28. The second-order valence-corrected chi connectivity index (χ2v) is 7.01. The molecule has 6 heteroatoms. The van der Waals surface area contributed by atoms with Gasteiger partial charge in [0.25, 0.3) is 0 Å². The molecule has 0 bridgehead atoms. The van der Waals surface area contributed by atoms with Gasteiger partial charge in [-0.2, -0.15) is 0 Å². The van der Waals surface area contributed by atoms with Crippen molar-refractivity contribution in [2.45, 2.75) is 13.8 Å². The van der Waals surface area contributed by atoms with E-state index in [1.54, 1.807) is 12.4 Å². The molecule has 0 saturated carbocycles. The van der Waals surface area contributed by atoms with Crippen molar-refractivity contribution in [1.82, 2.24) is 9.97 Å². The van der Waals surface area contributed by atoms with Crippen LogP contribution in [-0.4, -0.2) is 9.97 Å². The van der Waals surface area contributed by atoms with E-state index in [4.69, 9.17) is 20.9 Å². The first kappa shape index (κ1) is 19.3. The van der Waals surface area contributed by atoms with Crippen LogP contribution in [0.4, 0.5) is 11.4 Å². The van der Waals surface area contributed by atoms with Gasteiger partial charge in [0.05, 0.1) is 23.8 Å². The number of hydrogen-bond acceptors (Lipinski definition) is 6. The molecule has 2 aromatic heterocycles. The van der Waals surface area contributed by atoms with Gasteiger partial charge in [-0.25, -0.2) is 9.97 Å². The van der Waals surface area contributed by atoms with Crippen molar-refractivity contribution in [2.24, 2.45) is 0 Å². The summed E-state index contributed by atoms with van der Waals surface area (Å²) in [7, 11) is 0. The van der Waals surface area contributed by atoms with E-state index in [2.05, 4.69) is 9.97 Å². The molecule has 0 amide bonds. The Hall–Kier alpha value is -4.06. The fraction of sp³-hybridized carbons (Fsp3) is 0.0833. The number of ether oxygens (including phenoxy) is 2. The van der Waals surface area contributed by atoms with Crippen molar-refractivity contribution in [3.8, 4) is 34.4 Å². The van der Waals surface area contributed by atoms with Gasteiger partial charge in [0.15, 0.2) is 0 Å². The van der Waals surface area contributed by atoms with E-state index < -0.39 is 0 Å². The lowest BCUT2D eigenvalue weighted by Crippen LogP contribution is -1.94. The predicted molar refractivity (Wildman–Crippen MR) is 119 cm³/mol. The van der Waals surface area contributed by atoms with Gasteiger partial charge in [-0.1, -0.05) is 24.3 Å². The third-order valence-corrected chi connectivity index (χ3v) is 4.74. The van der Waals surface area contributed by atoms with Crippen molar-refractivity contribution in [1.29, 1.82) is 0 Å². The Morgan fingerprint density at radius 1 is 0.600 bits per heavy atom. The smallest absolute Gasteiger partial charge is 0.219 e. The van der Waals surface area contributed by atoms with Gasteiger partial charge < -0.3 is 20.9 Å². The zero-order chi connectivity index (χ0) is 21.1. The molecule has 0 aliphatic rings. The maximum absolute atomic E-state index is 5.81. The quantitative estimate of drug-likeness (QED) is 0.460. The molecule has 4 rings (SSSR count). The van der Waals surface area contributed by atoms with Crippen LogP contribution in [0.15, 0.2) is 73.1 Å². The van der Waals surface area contributed by atoms with Gasteiger partial charge in [0.2, 0.25) is 11.8 Å². The Kier molecular flexibility index (Phi) is 5.22. The van der Waals surface area contributed by atoms with Crippen LogP contribution in [0, 0.1) is 13.8 Å². The summed E-state index contributed by atoms with van der Waals surface area (Å²) >= 11 is 0. The number of anilines is 2. The highest BCUT2D eigenvalue weighted by Gasteiger charge is 2.05. The number of aromatic nitrogens is 2. The van der Waals surface area contributed by atoms with Crippen LogP contribution in [0.25, 0.3) is 11.1 Å². The van der Waals surface area contributed by atoms with E-state index in [1.165, 1.54) is 0 Å². The largest absolute Gasteiger partial charge is 0.439 e. The molecule has 30 heavy (non-hydrogen) atoms. The normalized spacial score (nSPS) is 10.6. The van der Waals surface area contributed by atoms with Gasteiger partial charge in [-0.15, -0.1) is 0 Å². The molecule has 150 valence electrons. The minimum Gasteiger partial charge on any atom is -0.439 e. The zero-order valence-corrected chi connectivity index (χ0v) is 16.8. The van der Waals surface area contributed by atoms with Gasteiger partial charge in [-0.3, -0.25) is 0 Å². The number of rotatable bonds is 5. The number of pyridine rings is 2. The van der Waals surface area contributed by atoms with Crippen LogP contribution in [0.3, 0.4) is 0 Å². The van der Waals surface area contributed by atoms with Gasteiger partial charge in [0.1, 0.15) is 11.5 Å². The summed E-state index contributed by atoms with van der Waals surface area (Å²) in [5, 5.41) is 0. The number of nitrogens with two attached hydrogens (primary N) is 2. The summed E-state index contributed by atoms with van der Waals surface area (Å²) in [6, 6.07) is 19.3. The molecule has 2 heterocycles. The Balaban J connectivity index is 1.44. The van der Waals surface area contributed by atoms with Crippen molar-refractivity contribution in [3.63, 3.8) is 0 Å². The third kappa shape index (κ3) is 4.33. The summed E-state index contributed by atoms with van der Waals surface area (Å²) < 4.78 is 11.6. The molecule has 4 aromatic rings. The van der Waals surface area contributed by atoms with Gasteiger partial charge in [-0.05, 0) is 60.4 Å². The number of nitrogens with zero attached hydrogens (tertiary/aromatic N) is 2. The van der Waals surface area contributed by atoms with Crippen molar-refractivity contribution in [3.05, 3.63) is 84.2 Å². The predicted octanol–water partition coefficient (Wildman–Crippen LogP) is 5.51. The molecule has 0 aliphatic heterocycles. The lowest BCUT2D eigenvalue weighted by atomic mass is 10.1. The lowest BCUT2D eigenvalue weighted by Gasteiger charge is -2.09. The summed E-state index contributed by atoms with van der Waals surface area (Å²) in [5.74, 6) is 2.45. The summed E-state index contributed by atoms with van der Waals surface area (Å²) in [6.07, 6.45) is 3.20. The molecule has 6 nitrogen and oxygen atoms in total. The molecule has 4 N–H and O–H groups in total.